The molecule has 0 bridgehead atoms. The zero-order valence-electron chi connectivity index (χ0n) is 23.5. The predicted octanol–water partition coefficient (Wildman–Crippen LogP) is 3.82. The molecule has 2 fully saturated rings. The van der Waals surface area contributed by atoms with Crippen molar-refractivity contribution in [2.24, 2.45) is 22.7 Å². The highest BCUT2D eigenvalue weighted by molar-refractivity contribution is 5.87. The molecule has 0 spiro atoms. The molecular weight excluding hydrogens is 492 g/mol. The van der Waals surface area contributed by atoms with Crippen LogP contribution in [0.2, 0.25) is 0 Å². The maximum absolute atomic E-state index is 12.8. The molecule has 1 N–H and O–H groups in total. The van der Waals surface area contributed by atoms with E-state index in [1.165, 1.54) is 19.9 Å². The van der Waals surface area contributed by atoms with Crippen LogP contribution in [0.4, 0.5) is 0 Å². The third kappa shape index (κ3) is 5.67. The topological polar surface area (TPSA) is 125 Å². The van der Waals surface area contributed by atoms with Gasteiger partial charge in [0.15, 0.2) is 0 Å². The van der Waals surface area contributed by atoms with E-state index in [0.29, 0.717) is 44.1 Å². The van der Waals surface area contributed by atoms with Crippen LogP contribution in [0, 0.1) is 22.7 Å². The Balaban J connectivity index is 2.12. The second-order valence-corrected chi connectivity index (χ2v) is 11.5. The van der Waals surface area contributed by atoms with E-state index in [-0.39, 0.29) is 43.0 Å². The van der Waals surface area contributed by atoms with Crippen LogP contribution < -0.4 is 0 Å². The number of ether oxygens (including phenoxy) is 4. The molecule has 1 heterocycles. The summed E-state index contributed by atoms with van der Waals surface area (Å²) in [6.07, 6.45) is 5.85. The second-order valence-electron chi connectivity index (χ2n) is 11.5. The van der Waals surface area contributed by atoms with Crippen molar-refractivity contribution >= 4 is 23.9 Å². The first kappa shape index (κ1) is 29.9. The van der Waals surface area contributed by atoms with Crippen molar-refractivity contribution in [1.82, 2.24) is 0 Å². The Hall–Kier alpha value is -2.68. The van der Waals surface area contributed by atoms with Crippen LogP contribution in [0.1, 0.15) is 80.1 Å². The number of carbonyl (C=O) groups is 4. The summed E-state index contributed by atoms with van der Waals surface area (Å²) in [5.74, 6) is -2.05. The molecule has 0 radical (unpaired) electrons. The van der Waals surface area contributed by atoms with Crippen molar-refractivity contribution in [3.63, 3.8) is 0 Å². The van der Waals surface area contributed by atoms with Crippen molar-refractivity contribution < 1.29 is 43.2 Å². The van der Waals surface area contributed by atoms with Gasteiger partial charge in [-0.1, -0.05) is 26.3 Å². The predicted molar refractivity (Wildman–Crippen MR) is 137 cm³/mol. The summed E-state index contributed by atoms with van der Waals surface area (Å²) in [6, 6.07) is 0. The Kier molecular flexibility index (Phi) is 9.12. The molecule has 9 nitrogen and oxygen atoms in total. The Morgan fingerprint density at radius 1 is 1.16 bits per heavy atom. The van der Waals surface area contributed by atoms with Gasteiger partial charge in [-0.3, -0.25) is 9.59 Å². The molecule has 3 aliphatic rings. The molecule has 6 atom stereocenters. The molecule has 38 heavy (non-hydrogen) atoms. The van der Waals surface area contributed by atoms with Crippen LogP contribution in [0.3, 0.4) is 0 Å². The molecule has 212 valence electrons. The van der Waals surface area contributed by atoms with Crippen LogP contribution in [0.15, 0.2) is 23.3 Å². The molecule has 0 saturated heterocycles. The maximum atomic E-state index is 12.8. The number of fused-ring (bicyclic) bond motifs is 1. The van der Waals surface area contributed by atoms with Crippen LogP contribution >= 0.6 is 0 Å². The lowest BCUT2D eigenvalue weighted by Crippen LogP contribution is -2.72. The molecule has 0 aromatic heterocycles. The van der Waals surface area contributed by atoms with Crippen LogP contribution in [-0.2, 0) is 38.1 Å². The first-order valence-electron chi connectivity index (χ1n) is 13.5. The third-order valence-corrected chi connectivity index (χ3v) is 9.36. The minimum Gasteiger partial charge on any atom is -0.463 e. The van der Waals surface area contributed by atoms with Gasteiger partial charge >= 0.3 is 23.9 Å². The summed E-state index contributed by atoms with van der Waals surface area (Å²) in [5, 5.41) is 12.3. The molecule has 0 aromatic carbocycles. The van der Waals surface area contributed by atoms with Gasteiger partial charge < -0.3 is 24.1 Å². The number of esters is 4. The third-order valence-electron chi connectivity index (χ3n) is 9.36. The number of hydrogen-bond donors (Lipinski definition) is 1. The lowest BCUT2D eigenvalue weighted by atomic mass is 9.42. The lowest BCUT2D eigenvalue weighted by Gasteiger charge is -2.65. The van der Waals surface area contributed by atoms with Gasteiger partial charge in [0.1, 0.15) is 31.5 Å². The molecule has 6 unspecified atom stereocenters. The summed E-state index contributed by atoms with van der Waals surface area (Å²) < 4.78 is 22.3. The van der Waals surface area contributed by atoms with Crippen LogP contribution in [-0.4, -0.2) is 60.5 Å². The Morgan fingerprint density at radius 2 is 1.87 bits per heavy atom. The zero-order valence-corrected chi connectivity index (χ0v) is 23.5. The lowest BCUT2D eigenvalue weighted by molar-refractivity contribution is -0.283. The van der Waals surface area contributed by atoms with Gasteiger partial charge in [-0.15, -0.1) is 0 Å². The zero-order chi connectivity index (χ0) is 28.3. The summed E-state index contributed by atoms with van der Waals surface area (Å²) >= 11 is 0. The number of cyclic esters (lactones) is 1. The average Bonchev–Trinajstić information content (AvgIpc) is 3.28. The average molecular weight is 535 g/mol. The first-order valence-corrected chi connectivity index (χ1v) is 13.5. The molecule has 1 aliphatic heterocycles. The van der Waals surface area contributed by atoms with Crippen molar-refractivity contribution in [2.45, 2.75) is 91.8 Å². The van der Waals surface area contributed by atoms with Crippen molar-refractivity contribution in [2.75, 3.05) is 19.8 Å². The SMILES string of the molecule is CC=C(C)C(=O)OCC12C(OC(C)=O)CC(C)C(C)(CCC3=CC(=O)OC3)C1CCCC2(O)COC(C)=O. The van der Waals surface area contributed by atoms with Gasteiger partial charge in [-0.25, -0.2) is 9.59 Å². The van der Waals surface area contributed by atoms with Crippen molar-refractivity contribution in [3.8, 4) is 0 Å². The van der Waals surface area contributed by atoms with Crippen LogP contribution in [0.5, 0.6) is 0 Å². The fourth-order valence-electron chi connectivity index (χ4n) is 6.93. The van der Waals surface area contributed by atoms with Crippen molar-refractivity contribution in [1.29, 1.82) is 0 Å². The minimum absolute atomic E-state index is 0.0765. The molecule has 9 heteroatoms. The second kappa shape index (κ2) is 11.6. The standard InChI is InChI=1S/C29H42O9/c1-7-18(2)26(33)37-17-29-23(9-8-11-28(29,34)16-36-20(4)30)27(6,12-10-22-14-25(32)35-15-22)19(3)13-24(29)38-21(5)31/h7,14,19,23-24,34H,8-13,15-17H2,1-6H3. The highest BCUT2D eigenvalue weighted by Crippen LogP contribution is 2.65. The van der Waals surface area contributed by atoms with E-state index in [0.717, 1.165) is 5.57 Å². The fourth-order valence-corrected chi connectivity index (χ4v) is 6.93. The van der Waals surface area contributed by atoms with E-state index in [4.69, 9.17) is 18.9 Å². The monoisotopic (exact) mass is 534 g/mol. The Morgan fingerprint density at radius 3 is 2.45 bits per heavy atom. The highest BCUT2D eigenvalue weighted by Gasteiger charge is 2.70. The maximum Gasteiger partial charge on any atom is 0.333 e. The van der Waals surface area contributed by atoms with E-state index in [1.807, 2.05) is 0 Å². The van der Waals surface area contributed by atoms with E-state index in [9.17, 15) is 24.3 Å². The van der Waals surface area contributed by atoms with E-state index in [1.54, 1.807) is 19.9 Å². The largest absolute Gasteiger partial charge is 0.463 e. The quantitative estimate of drug-likeness (QED) is 0.267. The number of hydrogen-bond acceptors (Lipinski definition) is 9. The number of carbonyl (C=O) groups excluding carboxylic acids is 4. The summed E-state index contributed by atoms with van der Waals surface area (Å²) in [6.45, 7) is 10.1. The summed E-state index contributed by atoms with van der Waals surface area (Å²) in [4.78, 5) is 48.7. The molecular formula is C29H42O9. The van der Waals surface area contributed by atoms with E-state index in [2.05, 4.69) is 13.8 Å². The molecule has 2 saturated carbocycles. The van der Waals surface area contributed by atoms with Gasteiger partial charge in [0.25, 0.3) is 0 Å². The fraction of sp³-hybridized carbons (Fsp3) is 0.724. The number of aliphatic hydroxyl groups is 1. The minimum atomic E-state index is -1.60. The normalized spacial score (nSPS) is 35.0. The summed E-state index contributed by atoms with van der Waals surface area (Å²) in [5.41, 5.74) is -1.86. The van der Waals surface area contributed by atoms with Crippen molar-refractivity contribution in [3.05, 3.63) is 23.3 Å². The summed E-state index contributed by atoms with van der Waals surface area (Å²) in [7, 11) is 0. The molecule has 0 aromatic rings. The molecule has 0 amide bonds. The van der Waals surface area contributed by atoms with Gasteiger partial charge in [0.2, 0.25) is 0 Å². The van der Waals surface area contributed by atoms with Gasteiger partial charge in [-0.2, -0.15) is 0 Å². The highest BCUT2D eigenvalue weighted by atomic mass is 16.6. The number of allylic oxidation sites excluding steroid dienone is 1. The smallest absolute Gasteiger partial charge is 0.333 e. The molecule has 3 rings (SSSR count). The first-order chi connectivity index (χ1) is 17.8. The Labute approximate surface area is 224 Å². The van der Waals surface area contributed by atoms with E-state index >= 15 is 0 Å². The van der Waals surface area contributed by atoms with Crippen LogP contribution in [0.25, 0.3) is 0 Å². The van der Waals surface area contributed by atoms with Gasteiger partial charge in [0, 0.05) is 25.5 Å². The Bertz CT molecular complexity index is 1010. The van der Waals surface area contributed by atoms with Gasteiger partial charge in [-0.05, 0) is 68.8 Å². The van der Waals surface area contributed by atoms with Gasteiger partial charge in [0.05, 0.1) is 5.41 Å². The number of rotatable bonds is 9. The molecule has 2 aliphatic carbocycles. The van der Waals surface area contributed by atoms with E-state index < -0.39 is 35.0 Å².